The van der Waals surface area contributed by atoms with Crippen molar-refractivity contribution in [3.8, 4) is 0 Å². The first-order chi connectivity index (χ1) is 16.2. The molecule has 0 aromatic heterocycles. The minimum atomic E-state index is -0.930. The van der Waals surface area contributed by atoms with E-state index in [2.05, 4.69) is 16.0 Å². The summed E-state index contributed by atoms with van der Waals surface area (Å²) in [5.41, 5.74) is 0.136. The summed E-state index contributed by atoms with van der Waals surface area (Å²) in [5.74, 6) is -1.78. The van der Waals surface area contributed by atoms with Gasteiger partial charge < -0.3 is 25.4 Å². The van der Waals surface area contributed by atoms with Crippen LogP contribution < -0.4 is 16.0 Å². The normalized spacial score (nSPS) is 14.0. The third-order valence-corrected chi connectivity index (χ3v) is 5.05. The van der Waals surface area contributed by atoms with Gasteiger partial charge in [0.05, 0.1) is 7.11 Å². The third kappa shape index (κ3) is 11.2. The molecule has 0 aliphatic heterocycles. The number of benzene rings is 1. The zero-order chi connectivity index (χ0) is 26.8. The second-order valence-electron chi connectivity index (χ2n) is 10.3. The molecule has 0 radical (unpaired) electrons. The lowest BCUT2D eigenvalue weighted by Gasteiger charge is -2.28. The van der Waals surface area contributed by atoms with Gasteiger partial charge in [0.1, 0.15) is 23.7 Å². The fourth-order valence-electron chi connectivity index (χ4n) is 3.39. The maximum atomic E-state index is 13.2. The topological polar surface area (TPSA) is 123 Å². The number of methoxy groups -OCH3 is 1. The van der Waals surface area contributed by atoms with Crippen LogP contribution in [0, 0.1) is 11.8 Å². The van der Waals surface area contributed by atoms with Gasteiger partial charge in [0.2, 0.25) is 11.8 Å². The molecule has 0 fully saturated rings. The highest BCUT2D eigenvalue weighted by Crippen LogP contribution is 2.12. The van der Waals surface area contributed by atoms with Crippen molar-refractivity contribution in [2.75, 3.05) is 7.11 Å². The van der Waals surface area contributed by atoms with Crippen LogP contribution in [0.15, 0.2) is 30.3 Å². The molecule has 0 saturated carbocycles. The smallest absolute Gasteiger partial charge is 0.408 e. The van der Waals surface area contributed by atoms with Crippen molar-refractivity contribution in [3.63, 3.8) is 0 Å². The average molecular weight is 492 g/mol. The van der Waals surface area contributed by atoms with E-state index in [-0.39, 0.29) is 18.3 Å². The predicted octanol–water partition coefficient (Wildman–Crippen LogP) is 2.97. The number of ether oxygens (including phenoxy) is 2. The SMILES string of the molecule is COC(=O)[C@H](Cc1ccccc1)NC(=O)[C@@H](NC(=O)[C@H](CC(C)C)NC(=O)OC(C)(C)C)C(C)C. The first kappa shape index (κ1) is 29.9. The van der Waals surface area contributed by atoms with Crippen molar-refractivity contribution in [1.29, 1.82) is 0 Å². The maximum Gasteiger partial charge on any atom is 0.408 e. The van der Waals surface area contributed by atoms with Crippen LogP contribution in [0.5, 0.6) is 0 Å². The number of nitrogens with one attached hydrogen (secondary N) is 3. The van der Waals surface area contributed by atoms with Crippen LogP contribution in [0.2, 0.25) is 0 Å². The fraction of sp³-hybridized carbons (Fsp3) is 0.615. The molecule has 0 saturated heterocycles. The van der Waals surface area contributed by atoms with Crippen LogP contribution in [-0.2, 0) is 30.3 Å². The summed E-state index contributed by atoms with van der Waals surface area (Å²) in [4.78, 5) is 50.9. The standard InChI is InChI=1S/C26H41N3O6/c1-16(2)14-19(28-25(33)35-26(5,6)7)22(30)29-21(17(3)4)23(31)27-20(24(32)34-8)15-18-12-10-9-11-13-18/h9-13,16-17,19-21H,14-15H2,1-8H3,(H,27,31)(H,28,33)(H,29,30)/t19-,20-,21-/m0/s1. The number of amides is 3. The number of esters is 1. The zero-order valence-corrected chi connectivity index (χ0v) is 22.1. The van der Waals surface area contributed by atoms with E-state index >= 15 is 0 Å². The Morgan fingerprint density at radius 3 is 1.94 bits per heavy atom. The van der Waals surface area contributed by atoms with Gasteiger partial charge in [-0.25, -0.2) is 9.59 Å². The highest BCUT2D eigenvalue weighted by atomic mass is 16.6. The molecule has 3 amide bonds. The summed E-state index contributed by atoms with van der Waals surface area (Å²) in [7, 11) is 1.26. The van der Waals surface area contributed by atoms with Crippen LogP contribution in [0.4, 0.5) is 4.79 Å². The Bertz CT molecular complexity index is 848. The van der Waals surface area contributed by atoms with Crippen LogP contribution in [0.3, 0.4) is 0 Å². The van der Waals surface area contributed by atoms with Crippen molar-refractivity contribution in [2.45, 2.75) is 85.0 Å². The highest BCUT2D eigenvalue weighted by molar-refractivity contribution is 5.93. The number of alkyl carbamates (subject to hydrolysis) is 1. The van der Waals surface area contributed by atoms with Crippen LogP contribution in [-0.4, -0.2) is 54.7 Å². The summed E-state index contributed by atoms with van der Waals surface area (Å²) < 4.78 is 10.2. The summed E-state index contributed by atoms with van der Waals surface area (Å²) >= 11 is 0. The number of carbonyl (C=O) groups excluding carboxylic acids is 4. The number of carbonyl (C=O) groups is 4. The largest absolute Gasteiger partial charge is 0.467 e. The van der Waals surface area contributed by atoms with E-state index < -0.39 is 47.6 Å². The molecular weight excluding hydrogens is 450 g/mol. The van der Waals surface area contributed by atoms with Gasteiger partial charge in [-0.15, -0.1) is 0 Å². The number of hydrogen-bond acceptors (Lipinski definition) is 6. The molecule has 196 valence electrons. The van der Waals surface area contributed by atoms with Crippen molar-refractivity contribution in [2.24, 2.45) is 11.8 Å². The molecule has 9 heteroatoms. The Morgan fingerprint density at radius 2 is 1.46 bits per heavy atom. The molecule has 0 spiro atoms. The summed E-state index contributed by atoms with van der Waals surface area (Å²) in [6, 6.07) is 6.51. The van der Waals surface area contributed by atoms with Crippen molar-refractivity contribution in [1.82, 2.24) is 16.0 Å². The molecule has 3 N–H and O–H groups in total. The van der Waals surface area contributed by atoms with Gasteiger partial charge in [-0.05, 0) is 44.6 Å². The molecule has 1 rings (SSSR count). The lowest BCUT2D eigenvalue weighted by molar-refractivity contribution is -0.145. The summed E-state index contributed by atoms with van der Waals surface area (Å²) in [6.45, 7) is 12.6. The van der Waals surface area contributed by atoms with Gasteiger partial charge in [-0.3, -0.25) is 9.59 Å². The van der Waals surface area contributed by atoms with Crippen LogP contribution >= 0.6 is 0 Å². The summed E-state index contributed by atoms with van der Waals surface area (Å²) in [6.07, 6.45) is -0.109. The van der Waals surface area contributed by atoms with Crippen molar-refractivity contribution < 1.29 is 28.7 Å². The molecule has 0 heterocycles. The predicted molar refractivity (Wildman–Crippen MR) is 133 cm³/mol. The third-order valence-electron chi connectivity index (χ3n) is 5.05. The number of hydrogen-bond donors (Lipinski definition) is 3. The van der Waals surface area contributed by atoms with Gasteiger partial charge in [0.15, 0.2) is 0 Å². The van der Waals surface area contributed by atoms with E-state index in [0.29, 0.717) is 6.42 Å². The molecule has 0 aliphatic rings. The fourth-order valence-corrected chi connectivity index (χ4v) is 3.39. The van der Waals surface area contributed by atoms with Gasteiger partial charge >= 0.3 is 12.1 Å². The van der Waals surface area contributed by atoms with Crippen molar-refractivity contribution in [3.05, 3.63) is 35.9 Å². The Morgan fingerprint density at radius 1 is 0.857 bits per heavy atom. The molecular formula is C26H41N3O6. The second-order valence-corrected chi connectivity index (χ2v) is 10.3. The van der Waals surface area contributed by atoms with Gasteiger partial charge in [0, 0.05) is 6.42 Å². The van der Waals surface area contributed by atoms with E-state index in [1.165, 1.54) is 7.11 Å². The Labute approximate surface area is 208 Å². The molecule has 0 bridgehead atoms. The first-order valence-electron chi connectivity index (χ1n) is 12.0. The number of rotatable bonds is 11. The van der Waals surface area contributed by atoms with Gasteiger partial charge in [0.25, 0.3) is 0 Å². The average Bonchev–Trinajstić information content (AvgIpc) is 2.74. The zero-order valence-electron chi connectivity index (χ0n) is 22.1. The van der Waals surface area contributed by atoms with E-state index in [9.17, 15) is 19.2 Å². The molecule has 0 aliphatic carbocycles. The maximum absolute atomic E-state index is 13.2. The molecule has 1 aromatic rings. The van der Waals surface area contributed by atoms with Gasteiger partial charge in [-0.2, -0.15) is 0 Å². The minimum Gasteiger partial charge on any atom is -0.467 e. The molecule has 3 atom stereocenters. The minimum absolute atomic E-state index is 0.0987. The lowest BCUT2D eigenvalue weighted by atomic mass is 9.99. The second kappa shape index (κ2) is 13.7. The monoisotopic (exact) mass is 491 g/mol. The Kier molecular flexibility index (Phi) is 11.7. The lowest BCUT2D eigenvalue weighted by Crippen LogP contribution is -2.58. The van der Waals surface area contributed by atoms with E-state index in [0.717, 1.165) is 5.56 Å². The molecule has 9 nitrogen and oxygen atoms in total. The Hall–Kier alpha value is -3.10. The quantitative estimate of drug-likeness (QED) is 0.409. The van der Waals surface area contributed by atoms with Crippen LogP contribution in [0.1, 0.15) is 60.5 Å². The molecule has 1 aromatic carbocycles. The molecule has 35 heavy (non-hydrogen) atoms. The van der Waals surface area contributed by atoms with E-state index in [1.54, 1.807) is 34.6 Å². The van der Waals surface area contributed by atoms with E-state index in [1.807, 2.05) is 44.2 Å². The van der Waals surface area contributed by atoms with Gasteiger partial charge in [-0.1, -0.05) is 58.0 Å². The van der Waals surface area contributed by atoms with E-state index in [4.69, 9.17) is 9.47 Å². The Balaban J connectivity index is 2.99. The van der Waals surface area contributed by atoms with Crippen LogP contribution in [0.25, 0.3) is 0 Å². The first-order valence-corrected chi connectivity index (χ1v) is 12.0. The molecule has 0 unspecified atom stereocenters. The highest BCUT2D eigenvalue weighted by Gasteiger charge is 2.32. The summed E-state index contributed by atoms with van der Waals surface area (Å²) in [5, 5.41) is 8.07. The van der Waals surface area contributed by atoms with Crippen molar-refractivity contribution >= 4 is 23.9 Å².